The third-order valence-corrected chi connectivity index (χ3v) is 15.9. The van der Waals surface area contributed by atoms with Gasteiger partial charge in [-0.15, -0.1) is 11.3 Å². The van der Waals surface area contributed by atoms with Crippen LogP contribution in [0.15, 0.2) is 261 Å². The fourth-order valence-corrected chi connectivity index (χ4v) is 12.6. The Balaban J connectivity index is 1.00. The Morgan fingerprint density at radius 3 is 1.52 bits per heavy atom. The lowest BCUT2D eigenvalue weighted by molar-refractivity contribution is 1.07. The van der Waals surface area contributed by atoms with Gasteiger partial charge in [0.2, 0.25) is 0 Å². The van der Waals surface area contributed by atoms with Crippen molar-refractivity contribution in [2.45, 2.75) is 0 Å². The number of nitrogens with zero attached hydrogens (tertiary/aromatic N) is 5. The van der Waals surface area contributed by atoms with Gasteiger partial charge >= 0.3 is 0 Å². The number of rotatable bonds is 8. The van der Waals surface area contributed by atoms with Gasteiger partial charge in [0.25, 0.3) is 0 Å². The molecule has 15 rings (SSSR count). The Labute approximate surface area is 436 Å². The van der Waals surface area contributed by atoms with Gasteiger partial charge in [0, 0.05) is 64.1 Å². The largest absolute Gasteiger partial charge is 0.309 e. The van der Waals surface area contributed by atoms with Crippen LogP contribution in [0, 0.1) is 0 Å². The molecule has 0 atom stereocenters. The lowest BCUT2D eigenvalue weighted by Crippen LogP contribution is -2.04. The van der Waals surface area contributed by atoms with Crippen LogP contribution >= 0.6 is 11.3 Å². The Hall–Kier alpha value is -9.75. The fourth-order valence-electron chi connectivity index (χ4n) is 11.5. The molecule has 350 valence electrons. The summed E-state index contributed by atoms with van der Waals surface area (Å²) in [4.78, 5) is 16.4. The van der Waals surface area contributed by atoms with Crippen LogP contribution < -0.4 is 0 Å². The van der Waals surface area contributed by atoms with Crippen molar-refractivity contribution in [1.29, 1.82) is 0 Å². The number of benzene rings is 11. The molecule has 75 heavy (non-hydrogen) atoms. The van der Waals surface area contributed by atoms with Crippen LogP contribution in [0.2, 0.25) is 0 Å². The monoisotopic (exact) mass is 973 g/mol. The van der Waals surface area contributed by atoms with E-state index in [2.05, 4.69) is 270 Å². The number of hydrogen-bond acceptors (Lipinski definition) is 4. The molecule has 0 aliphatic rings. The topological polar surface area (TPSA) is 48.5 Å². The van der Waals surface area contributed by atoms with Crippen LogP contribution in [-0.2, 0) is 0 Å². The Bertz CT molecular complexity index is 4700. The zero-order chi connectivity index (χ0) is 49.4. The second kappa shape index (κ2) is 17.5. The fraction of sp³-hybridized carbons (Fsp3) is 0. The number of para-hydroxylation sites is 3. The molecule has 15 aromatic rings. The van der Waals surface area contributed by atoms with Crippen molar-refractivity contribution in [3.8, 4) is 78.9 Å². The van der Waals surface area contributed by atoms with Gasteiger partial charge in [-0.2, -0.15) is 0 Å². The third kappa shape index (κ3) is 7.03. The van der Waals surface area contributed by atoms with Gasteiger partial charge in [0.15, 0.2) is 17.5 Å². The lowest BCUT2D eigenvalue weighted by Gasteiger charge is -2.15. The van der Waals surface area contributed by atoms with E-state index in [-0.39, 0.29) is 0 Å². The first-order chi connectivity index (χ1) is 37.2. The first-order valence-corrected chi connectivity index (χ1v) is 26.2. The smallest absolute Gasteiger partial charge is 0.166 e. The molecule has 0 aliphatic carbocycles. The van der Waals surface area contributed by atoms with Crippen molar-refractivity contribution in [1.82, 2.24) is 24.1 Å². The summed E-state index contributed by atoms with van der Waals surface area (Å²) in [5.41, 5.74) is 16.3. The normalized spacial score (nSPS) is 11.7. The van der Waals surface area contributed by atoms with E-state index in [1.54, 1.807) is 11.3 Å². The maximum Gasteiger partial charge on any atom is 0.166 e. The maximum absolute atomic E-state index is 5.53. The van der Waals surface area contributed by atoms with Crippen molar-refractivity contribution < 1.29 is 0 Å². The summed E-state index contributed by atoms with van der Waals surface area (Å²) in [6, 6.07) is 93.5. The van der Waals surface area contributed by atoms with Gasteiger partial charge < -0.3 is 9.13 Å². The minimum Gasteiger partial charge on any atom is -0.309 e. The molecule has 0 amide bonds. The first kappa shape index (κ1) is 42.9. The molecule has 4 aromatic heterocycles. The molecule has 0 fully saturated rings. The molecule has 0 unspecified atom stereocenters. The molecule has 4 heterocycles. The van der Waals surface area contributed by atoms with Crippen molar-refractivity contribution in [3.05, 3.63) is 261 Å². The summed E-state index contributed by atoms with van der Waals surface area (Å²) in [6.07, 6.45) is 0. The zero-order valence-corrected chi connectivity index (χ0v) is 41.3. The van der Waals surface area contributed by atoms with E-state index in [9.17, 15) is 0 Å². The van der Waals surface area contributed by atoms with E-state index in [4.69, 9.17) is 15.0 Å². The molecule has 0 N–H and O–H groups in total. The van der Waals surface area contributed by atoms with Crippen molar-refractivity contribution in [2.75, 3.05) is 0 Å². The van der Waals surface area contributed by atoms with E-state index < -0.39 is 0 Å². The van der Waals surface area contributed by atoms with Crippen molar-refractivity contribution >= 4 is 75.1 Å². The lowest BCUT2D eigenvalue weighted by atomic mass is 9.95. The van der Waals surface area contributed by atoms with Gasteiger partial charge in [-0.25, -0.2) is 15.0 Å². The average molecular weight is 974 g/mol. The number of hydrogen-bond donors (Lipinski definition) is 0. The van der Waals surface area contributed by atoms with Gasteiger partial charge in [-0.1, -0.05) is 194 Å². The predicted octanol–water partition coefficient (Wildman–Crippen LogP) is 18.4. The highest BCUT2D eigenvalue weighted by atomic mass is 32.1. The number of thiophene rings is 1. The van der Waals surface area contributed by atoms with Gasteiger partial charge in [-0.05, 0) is 100 Å². The summed E-state index contributed by atoms with van der Waals surface area (Å²) in [7, 11) is 0. The highest BCUT2D eigenvalue weighted by molar-refractivity contribution is 7.25. The molecule has 0 radical (unpaired) electrons. The van der Waals surface area contributed by atoms with Crippen LogP contribution in [0.5, 0.6) is 0 Å². The zero-order valence-electron chi connectivity index (χ0n) is 40.5. The van der Waals surface area contributed by atoms with Gasteiger partial charge in [-0.3, -0.25) is 0 Å². The standard InChI is InChI=1S/C69H43N5S/c1-4-20-44(21-5-1)46-24-16-25-48(42-46)67-70-68(72-69(71-67)56-33-19-39-63-66(56)55-30-12-15-38-62(55)75-63)54-29-11-14-35-58(54)74-60-37-18-32-51(65(60)53-41-40-47(43-61(53)74)45-22-6-2-7-23-45)50-31-17-36-59-64(50)52-28-10-13-34-57(52)73(59)49-26-8-3-9-27-49/h1-43H. The van der Waals surface area contributed by atoms with Gasteiger partial charge in [0.1, 0.15) is 0 Å². The van der Waals surface area contributed by atoms with Gasteiger partial charge in [0.05, 0.1) is 27.8 Å². The Morgan fingerprint density at radius 2 is 0.760 bits per heavy atom. The van der Waals surface area contributed by atoms with E-state index in [1.807, 2.05) is 0 Å². The molecule has 0 saturated heterocycles. The number of fused-ring (bicyclic) bond motifs is 9. The number of aromatic nitrogens is 5. The summed E-state index contributed by atoms with van der Waals surface area (Å²) in [5.74, 6) is 1.83. The van der Waals surface area contributed by atoms with Crippen molar-refractivity contribution in [3.63, 3.8) is 0 Å². The highest BCUT2D eigenvalue weighted by Crippen LogP contribution is 2.46. The SMILES string of the molecule is c1ccc(-c2cccc(-c3nc(-c4ccccc4-n4c5cc(-c6ccccc6)ccc5c5c(-c6cccc7c6c6ccccc6n7-c6ccccc6)cccc54)nc(-c4cccc5sc6ccccc6c45)n3)c2)cc1. The molecule has 5 nitrogen and oxygen atoms in total. The molecule has 0 spiro atoms. The van der Waals surface area contributed by atoms with E-state index in [0.29, 0.717) is 17.5 Å². The first-order valence-electron chi connectivity index (χ1n) is 25.3. The second-order valence-corrected chi connectivity index (χ2v) is 20.2. The van der Waals surface area contributed by atoms with Crippen LogP contribution in [-0.4, -0.2) is 24.1 Å². The molecule has 0 bridgehead atoms. The molecular weight excluding hydrogens is 931 g/mol. The Kier molecular flexibility index (Phi) is 10.00. The van der Waals surface area contributed by atoms with Crippen molar-refractivity contribution in [2.24, 2.45) is 0 Å². The van der Waals surface area contributed by atoms with Crippen LogP contribution in [0.25, 0.3) is 143 Å². The molecule has 0 saturated carbocycles. The molecule has 11 aromatic carbocycles. The molecule has 6 heteroatoms. The quantitative estimate of drug-likeness (QED) is 0.152. The van der Waals surface area contributed by atoms with Crippen LogP contribution in [0.3, 0.4) is 0 Å². The summed E-state index contributed by atoms with van der Waals surface area (Å²) in [6.45, 7) is 0. The molecular formula is C69H43N5S. The molecule has 0 aliphatic heterocycles. The summed E-state index contributed by atoms with van der Waals surface area (Å²) >= 11 is 1.80. The van der Waals surface area contributed by atoms with Crippen LogP contribution in [0.4, 0.5) is 0 Å². The minimum absolute atomic E-state index is 0.594. The van der Waals surface area contributed by atoms with Crippen LogP contribution in [0.1, 0.15) is 0 Å². The van der Waals surface area contributed by atoms with E-state index >= 15 is 0 Å². The van der Waals surface area contributed by atoms with E-state index in [1.165, 1.54) is 53.1 Å². The Morgan fingerprint density at radius 1 is 0.267 bits per heavy atom. The average Bonchev–Trinajstić information content (AvgIpc) is 4.17. The highest BCUT2D eigenvalue weighted by Gasteiger charge is 2.24. The maximum atomic E-state index is 5.53. The third-order valence-electron chi connectivity index (χ3n) is 14.8. The minimum atomic E-state index is 0.594. The second-order valence-electron chi connectivity index (χ2n) is 19.1. The summed E-state index contributed by atoms with van der Waals surface area (Å²) < 4.78 is 7.26. The predicted molar refractivity (Wildman–Crippen MR) is 314 cm³/mol. The summed E-state index contributed by atoms with van der Waals surface area (Å²) in [5, 5.41) is 7.12. The van der Waals surface area contributed by atoms with E-state index in [0.717, 1.165) is 72.1 Å².